The number of nitrogens with one attached hydrogen (secondary N) is 1. The number of rotatable bonds is 5. The van der Waals surface area contributed by atoms with Gasteiger partial charge in [0.15, 0.2) is 11.5 Å². The molecule has 1 aromatic rings. The fourth-order valence-electron chi connectivity index (χ4n) is 2.44. The molecule has 1 heterocycles. The van der Waals surface area contributed by atoms with E-state index in [-0.39, 0.29) is 6.10 Å². The summed E-state index contributed by atoms with van der Waals surface area (Å²) in [6.07, 6.45) is 3.69. The van der Waals surface area contributed by atoms with E-state index in [1.54, 1.807) is 7.11 Å². The van der Waals surface area contributed by atoms with Gasteiger partial charge in [-0.3, -0.25) is 0 Å². The molecule has 0 aliphatic carbocycles. The van der Waals surface area contributed by atoms with Crippen LogP contribution >= 0.6 is 15.9 Å². The third-order valence-electron chi connectivity index (χ3n) is 3.32. The summed E-state index contributed by atoms with van der Waals surface area (Å²) in [5, 5.41) is 3.52. The van der Waals surface area contributed by atoms with Gasteiger partial charge in [-0.2, -0.15) is 0 Å². The largest absolute Gasteiger partial charge is 0.493 e. The van der Waals surface area contributed by atoms with Crippen molar-refractivity contribution in [3.63, 3.8) is 0 Å². The fraction of sp³-hybridized carbons (Fsp3) is 0.600. The molecule has 0 radical (unpaired) electrons. The summed E-state index contributed by atoms with van der Waals surface area (Å²) in [7, 11) is 1.69. The Labute approximate surface area is 123 Å². The monoisotopic (exact) mass is 327 g/mol. The van der Waals surface area contributed by atoms with Crippen LogP contribution in [-0.4, -0.2) is 25.8 Å². The van der Waals surface area contributed by atoms with Crippen molar-refractivity contribution < 1.29 is 9.47 Å². The topological polar surface area (TPSA) is 30.5 Å². The van der Waals surface area contributed by atoms with Crippen molar-refractivity contribution in [2.75, 3.05) is 13.7 Å². The first-order valence-corrected chi connectivity index (χ1v) is 7.66. The number of hydrogen-bond acceptors (Lipinski definition) is 3. The van der Waals surface area contributed by atoms with Gasteiger partial charge in [-0.05, 0) is 57.4 Å². The fourth-order valence-corrected chi connectivity index (χ4v) is 2.92. The summed E-state index contributed by atoms with van der Waals surface area (Å²) < 4.78 is 12.3. The Kier molecular flexibility index (Phi) is 5.11. The zero-order valence-corrected chi connectivity index (χ0v) is 13.4. The first kappa shape index (κ1) is 14.7. The van der Waals surface area contributed by atoms with Crippen LogP contribution < -0.4 is 14.8 Å². The molecule has 1 aliphatic heterocycles. The summed E-state index contributed by atoms with van der Waals surface area (Å²) in [5.74, 6) is 1.61. The quantitative estimate of drug-likeness (QED) is 0.897. The van der Waals surface area contributed by atoms with Gasteiger partial charge in [0.1, 0.15) is 0 Å². The second-order valence-electron chi connectivity index (χ2n) is 5.26. The van der Waals surface area contributed by atoms with Crippen LogP contribution in [0.4, 0.5) is 0 Å². The molecular weight excluding hydrogens is 306 g/mol. The molecule has 0 saturated carbocycles. The maximum Gasteiger partial charge on any atom is 0.162 e. The Bertz CT molecular complexity index is 428. The first-order chi connectivity index (χ1) is 9.10. The molecule has 19 heavy (non-hydrogen) atoms. The molecule has 1 fully saturated rings. The summed E-state index contributed by atoms with van der Waals surface area (Å²) in [5.41, 5.74) is 1.27. The van der Waals surface area contributed by atoms with Gasteiger partial charge < -0.3 is 14.8 Å². The predicted molar refractivity (Wildman–Crippen MR) is 81.2 cm³/mol. The Morgan fingerprint density at radius 1 is 1.37 bits per heavy atom. The lowest BCUT2D eigenvalue weighted by molar-refractivity contribution is 0.230. The molecule has 106 valence electrons. The van der Waals surface area contributed by atoms with Crippen molar-refractivity contribution in [1.29, 1.82) is 0 Å². The van der Waals surface area contributed by atoms with E-state index in [1.165, 1.54) is 18.4 Å². The van der Waals surface area contributed by atoms with Crippen molar-refractivity contribution in [1.82, 2.24) is 5.32 Å². The molecule has 1 aliphatic rings. The summed E-state index contributed by atoms with van der Waals surface area (Å²) in [6.45, 7) is 5.17. The first-order valence-electron chi connectivity index (χ1n) is 6.86. The van der Waals surface area contributed by atoms with Gasteiger partial charge in [-0.1, -0.05) is 15.9 Å². The number of benzene rings is 1. The molecular formula is C15H22BrNO2. The third-order valence-corrected chi connectivity index (χ3v) is 4.06. The second-order valence-corrected chi connectivity index (χ2v) is 6.11. The van der Waals surface area contributed by atoms with Gasteiger partial charge in [0.05, 0.1) is 13.2 Å². The Balaban J connectivity index is 2.19. The van der Waals surface area contributed by atoms with Crippen LogP contribution in [0.2, 0.25) is 0 Å². The number of halogens is 1. The van der Waals surface area contributed by atoms with E-state index in [0.717, 1.165) is 28.9 Å². The highest BCUT2D eigenvalue weighted by atomic mass is 79.9. The van der Waals surface area contributed by atoms with E-state index in [0.29, 0.717) is 6.04 Å². The average Bonchev–Trinajstić information content (AvgIpc) is 2.84. The molecule has 1 atom stereocenters. The molecule has 1 saturated heterocycles. The van der Waals surface area contributed by atoms with E-state index in [2.05, 4.69) is 27.3 Å². The summed E-state index contributed by atoms with van der Waals surface area (Å²) in [4.78, 5) is 0. The lowest BCUT2D eigenvalue weighted by atomic mass is 10.0. The van der Waals surface area contributed by atoms with Crippen molar-refractivity contribution in [3.8, 4) is 11.5 Å². The van der Waals surface area contributed by atoms with E-state index in [4.69, 9.17) is 9.47 Å². The molecule has 0 spiro atoms. The zero-order chi connectivity index (χ0) is 13.8. The van der Waals surface area contributed by atoms with Gasteiger partial charge in [-0.25, -0.2) is 0 Å². The average molecular weight is 328 g/mol. The van der Waals surface area contributed by atoms with Crippen molar-refractivity contribution in [2.24, 2.45) is 0 Å². The van der Waals surface area contributed by atoms with E-state index < -0.39 is 0 Å². The number of hydrogen-bond donors (Lipinski definition) is 1. The van der Waals surface area contributed by atoms with E-state index >= 15 is 0 Å². The van der Waals surface area contributed by atoms with E-state index in [9.17, 15) is 0 Å². The van der Waals surface area contributed by atoms with Gasteiger partial charge in [0, 0.05) is 10.5 Å². The Morgan fingerprint density at radius 2 is 2.16 bits per heavy atom. The standard InChI is InChI=1S/C15H22BrNO2/c1-10(2)19-15-9-13(16)11(8-14(15)18-3)7-12-5-4-6-17-12/h8-10,12,17H,4-7H2,1-3H3. The van der Waals surface area contributed by atoms with Crippen molar-refractivity contribution >= 4 is 15.9 Å². The van der Waals surface area contributed by atoms with Crippen LogP contribution in [0, 0.1) is 0 Å². The van der Waals surface area contributed by atoms with Crippen LogP contribution in [0.5, 0.6) is 11.5 Å². The molecule has 0 aromatic heterocycles. The minimum atomic E-state index is 0.142. The lowest BCUT2D eigenvalue weighted by Gasteiger charge is -2.17. The molecule has 0 bridgehead atoms. The smallest absolute Gasteiger partial charge is 0.162 e. The van der Waals surface area contributed by atoms with Crippen LogP contribution in [0.25, 0.3) is 0 Å². The van der Waals surface area contributed by atoms with Gasteiger partial charge in [0.2, 0.25) is 0 Å². The van der Waals surface area contributed by atoms with Gasteiger partial charge in [-0.15, -0.1) is 0 Å². The molecule has 4 heteroatoms. The lowest BCUT2D eigenvalue weighted by Crippen LogP contribution is -2.23. The highest BCUT2D eigenvalue weighted by Crippen LogP contribution is 2.35. The number of ether oxygens (including phenoxy) is 2. The maximum absolute atomic E-state index is 5.77. The molecule has 1 N–H and O–H groups in total. The normalized spacial score (nSPS) is 18.9. The predicted octanol–water partition coefficient (Wildman–Crippen LogP) is 3.54. The van der Waals surface area contributed by atoms with Crippen LogP contribution in [0.3, 0.4) is 0 Å². The van der Waals surface area contributed by atoms with Crippen molar-refractivity contribution in [3.05, 3.63) is 22.2 Å². The molecule has 1 aromatic carbocycles. The van der Waals surface area contributed by atoms with Crippen LogP contribution in [0.1, 0.15) is 32.3 Å². The van der Waals surface area contributed by atoms with Crippen LogP contribution in [-0.2, 0) is 6.42 Å². The minimum Gasteiger partial charge on any atom is -0.493 e. The second kappa shape index (κ2) is 6.62. The summed E-state index contributed by atoms with van der Waals surface area (Å²) >= 11 is 3.64. The van der Waals surface area contributed by atoms with E-state index in [1.807, 2.05) is 19.9 Å². The SMILES string of the molecule is COc1cc(CC2CCCN2)c(Br)cc1OC(C)C. The Hall–Kier alpha value is -0.740. The number of methoxy groups -OCH3 is 1. The molecule has 3 nitrogen and oxygen atoms in total. The minimum absolute atomic E-state index is 0.142. The van der Waals surface area contributed by atoms with Crippen LogP contribution in [0.15, 0.2) is 16.6 Å². The van der Waals surface area contributed by atoms with Gasteiger partial charge >= 0.3 is 0 Å². The molecule has 0 amide bonds. The zero-order valence-electron chi connectivity index (χ0n) is 11.8. The molecule has 2 rings (SSSR count). The third kappa shape index (κ3) is 3.86. The van der Waals surface area contributed by atoms with Crippen molar-refractivity contribution in [2.45, 2.75) is 45.3 Å². The maximum atomic E-state index is 5.77. The Morgan fingerprint density at radius 3 is 2.74 bits per heavy atom. The summed E-state index contributed by atoms with van der Waals surface area (Å²) in [6, 6.07) is 4.68. The van der Waals surface area contributed by atoms with Gasteiger partial charge in [0.25, 0.3) is 0 Å². The highest BCUT2D eigenvalue weighted by Gasteiger charge is 2.18. The highest BCUT2D eigenvalue weighted by molar-refractivity contribution is 9.10. The molecule has 1 unspecified atom stereocenters.